The number of hydrogen-bond acceptors (Lipinski definition) is 8. The maximum atomic E-state index is 15.6. The third-order valence-electron chi connectivity index (χ3n) is 7.00. The Morgan fingerprint density at radius 3 is 2.71 bits per heavy atom. The highest BCUT2D eigenvalue weighted by molar-refractivity contribution is 5.93. The van der Waals surface area contributed by atoms with Crippen molar-refractivity contribution in [1.29, 1.82) is 0 Å². The summed E-state index contributed by atoms with van der Waals surface area (Å²) >= 11 is 0. The second-order valence-corrected chi connectivity index (χ2v) is 10.4. The molecule has 3 aromatic heterocycles. The van der Waals surface area contributed by atoms with E-state index < -0.39 is 5.82 Å². The Balaban J connectivity index is 1.37. The Labute approximate surface area is 243 Å². The van der Waals surface area contributed by atoms with Gasteiger partial charge in [0.1, 0.15) is 29.5 Å². The lowest BCUT2D eigenvalue weighted by Gasteiger charge is -2.18. The van der Waals surface area contributed by atoms with E-state index in [2.05, 4.69) is 36.2 Å². The van der Waals surface area contributed by atoms with Crippen LogP contribution in [0.2, 0.25) is 0 Å². The third kappa shape index (κ3) is 6.21. The summed E-state index contributed by atoms with van der Waals surface area (Å²) in [5.74, 6) is 1.34. The molecule has 0 unspecified atom stereocenters. The van der Waals surface area contributed by atoms with Crippen LogP contribution < -0.4 is 15.0 Å². The van der Waals surface area contributed by atoms with Gasteiger partial charge in [-0.25, -0.2) is 24.3 Å². The third-order valence-corrected chi connectivity index (χ3v) is 7.00. The number of nitrogens with one attached hydrogen (secondary N) is 1. The molecule has 2 aromatic carbocycles. The maximum absolute atomic E-state index is 15.6. The van der Waals surface area contributed by atoms with E-state index in [1.165, 1.54) is 11.9 Å². The predicted octanol–water partition coefficient (Wildman–Crippen LogP) is 5.76. The molecular weight excluding hydrogens is 535 g/mol. The van der Waals surface area contributed by atoms with E-state index >= 15 is 4.39 Å². The molecule has 0 atom stereocenters. The van der Waals surface area contributed by atoms with E-state index in [9.17, 15) is 4.79 Å². The van der Waals surface area contributed by atoms with Gasteiger partial charge in [0.05, 0.1) is 34.8 Å². The number of benzene rings is 2. The van der Waals surface area contributed by atoms with Gasteiger partial charge in [-0.05, 0) is 64.7 Å². The second-order valence-electron chi connectivity index (χ2n) is 10.4. The van der Waals surface area contributed by atoms with E-state index in [-0.39, 0.29) is 5.69 Å². The topological polar surface area (TPSA) is 101 Å². The largest absolute Gasteiger partial charge is 0.457 e. The second kappa shape index (κ2) is 12.3. The summed E-state index contributed by atoms with van der Waals surface area (Å²) in [5, 5.41) is 3.70. The minimum atomic E-state index is -0.470. The molecule has 3 heterocycles. The first kappa shape index (κ1) is 28.6. The number of nitrogens with zero attached hydrogens (tertiary/aromatic N) is 7. The number of imidazole rings is 1. The van der Waals surface area contributed by atoms with Gasteiger partial charge < -0.3 is 19.5 Å². The van der Waals surface area contributed by atoms with Crippen molar-refractivity contribution >= 4 is 45.7 Å². The Hall–Kier alpha value is -4.90. The number of carbonyl (C=O) groups is 1. The smallest absolute Gasteiger partial charge is 0.215 e. The van der Waals surface area contributed by atoms with Crippen LogP contribution in [0, 0.1) is 12.7 Å². The van der Waals surface area contributed by atoms with Gasteiger partial charge in [-0.1, -0.05) is 11.6 Å². The first-order valence-corrected chi connectivity index (χ1v) is 13.5. The molecule has 0 aliphatic carbocycles. The molecule has 0 fully saturated rings. The number of pyridine rings is 1. The number of carbonyl (C=O) groups excluding carboxylic acids is 1. The summed E-state index contributed by atoms with van der Waals surface area (Å²) in [6.45, 7) is 5.00. The molecule has 0 radical (unpaired) electrons. The van der Waals surface area contributed by atoms with Crippen molar-refractivity contribution in [2.45, 2.75) is 20.3 Å². The van der Waals surface area contributed by atoms with Crippen LogP contribution in [0.25, 0.3) is 21.9 Å². The Kier molecular flexibility index (Phi) is 8.39. The van der Waals surface area contributed by atoms with Crippen molar-refractivity contribution < 1.29 is 13.9 Å². The van der Waals surface area contributed by atoms with E-state index in [1.807, 2.05) is 50.8 Å². The van der Waals surface area contributed by atoms with Crippen LogP contribution in [-0.4, -0.2) is 63.0 Å². The lowest BCUT2D eigenvalue weighted by Crippen LogP contribution is -2.23. The lowest BCUT2D eigenvalue weighted by atomic mass is 10.1. The van der Waals surface area contributed by atoms with Crippen molar-refractivity contribution in [3.05, 3.63) is 78.3 Å². The molecule has 0 saturated carbocycles. The first-order chi connectivity index (χ1) is 20.2. The quantitative estimate of drug-likeness (QED) is 0.159. The summed E-state index contributed by atoms with van der Waals surface area (Å²) < 4.78 is 23.5. The molecule has 11 heteroatoms. The van der Waals surface area contributed by atoms with Crippen LogP contribution in [0.1, 0.15) is 18.9 Å². The molecule has 1 amide bonds. The van der Waals surface area contributed by atoms with E-state index in [0.717, 1.165) is 24.0 Å². The highest BCUT2D eigenvalue weighted by Gasteiger charge is 2.16. The monoisotopic (exact) mass is 568 g/mol. The van der Waals surface area contributed by atoms with Crippen LogP contribution >= 0.6 is 0 Å². The van der Waals surface area contributed by atoms with E-state index in [0.29, 0.717) is 52.6 Å². The standard InChI is InChI=1S/C31H33FN8O2/c1-20(10-12-38(3)4)11-13-40(19-41)29-15-23-26(16-33-29)34-17-35-31(23)37-24-7-9-28(21(2)30(24)32)42-22-6-8-27-25(14-22)36-18-39(27)5/h6-10,14-19H,11-13H2,1-5H3,(H,34,35,37)/b20-10-. The average Bonchev–Trinajstić information content (AvgIpc) is 3.36. The van der Waals surface area contributed by atoms with Gasteiger partial charge in [-0.15, -0.1) is 0 Å². The van der Waals surface area contributed by atoms with Crippen LogP contribution in [-0.2, 0) is 11.8 Å². The van der Waals surface area contributed by atoms with Crippen LogP contribution in [0.3, 0.4) is 0 Å². The van der Waals surface area contributed by atoms with Gasteiger partial charge in [-0.2, -0.15) is 0 Å². The van der Waals surface area contributed by atoms with Crippen LogP contribution in [0.15, 0.2) is 66.9 Å². The van der Waals surface area contributed by atoms with Crippen molar-refractivity contribution in [2.75, 3.05) is 37.4 Å². The number of likely N-dealkylation sites (N-methyl/N-ethyl adjacent to an activating group) is 1. The fraction of sp³-hybridized carbons (Fsp3) is 0.258. The molecule has 42 heavy (non-hydrogen) atoms. The zero-order valence-electron chi connectivity index (χ0n) is 24.3. The van der Waals surface area contributed by atoms with E-state index in [4.69, 9.17) is 4.74 Å². The Morgan fingerprint density at radius 1 is 1.10 bits per heavy atom. The van der Waals surface area contributed by atoms with Crippen LogP contribution in [0.4, 0.5) is 21.7 Å². The van der Waals surface area contributed by atoms with Gasteiger partial charge in [0.25, 0.3) is 0 Å². The number of rotatable bonds is 11. The van der Waals surface area contributed by atoms with Gasteiger partial charge >= 0.3 is 0 Å². The van der Waals surface area contributed by atoms with Gasteiger partial charge in [0.2, 0.25) is 6.41 Å². The molecule has 0 bridgehead atoms. The summed E-state index contributed by atoms with van der Waals surface area (Å²) in [6.07, 6.45) is 8.31. The first-order valence-electron chi connectivity index (χ1n) is 13.5. The van der Waals surface area contributed by atoms with Crippen LogP contribution in [0.5, 0.6) is 11.5 Å². The van der Waals surface area contributed by atoms with Crippen molar-refractivity contribution in [3.8, 4) is 11.5 Å². The Bertz CT molecular complexity index is 1780. The number of ether oxygens (including phenoxy) is 1. The molecule has 0 spiro atoms. The average molecular weight is 569 g/mol. The maximum Gasteiger partial charge on any atom is 0.215 e. The number of amides is 1. The summed E-state index contributed by atoms with van der Waals surface area (Å²) in [6, 6.07) is 10.6. The molecule has 5 aromatic rings. The molecule has 216 valence electrons. The zero-order valence-corrected chi connectivity index (χ0v) is 24.3. The summed E-state index contributed by atoms with van der Waals surface area (Å²) in [5.41, 5.74) is 4.08. The van der Waals surface area contributed by atoms with E-state index in [1.54, 1.807) is 42.5 Å². The number of fused-ring (bicyclic) bond motifs is 2. The summed E-state index contributed by atoms with van der Waals surface area (Å²) in [7, 11) is 5.94. The normalized spacial score (nSPS) is 11.8. The molecule has 5 rings (SSSR count). The van der Waals surface area contributed by atoms with Crippen molar-refractivity contribution in [2.24, 2.45) is 7.05 Å². The number of anilines is 3. The summed E-state index contributed by atoms with van der Waals surface area (Å²) in [4.78, 5) is 33.0. The zero-order chi connectivity index (χ0) is 29.8. The number of aryl methyl sites for hydroxylation is 1. The molecule has 10 nitrogen and oxygen atoms in total. The molecule has 0 aliphatic rings. The highest BCUT2D eigenvalue weighted by atomic mass is 19.1. The Morgan fingerprint density at radius 2 is 1.93 bits per heavy atom. The molecule has 0 saturated heterocycles. The fourth-order valence-corrected chi connectivity index (χ4v) is 4.47. The molecule has 0 aliphatic heterocycles. The van der Waals surface area contributed by atoms with Crippen molar-refractivity contribution in [3.63, 3.8) is 0 Å². The van der Waals surface area contributed by atoms with Gasteiger partial charge in [0, 0.05) is 37.2 Å². The number of aromatic nitrogens is 5. The molecular formula is C31H33FN8O2. The molecule has 1 N–H and O–H groups in total. The van der Waals surface area contributed by atoms with Crippen molar-refractivity contribution in [1.82, 2.24) is 29.4 Å². The number of halogens is 1. The highest BCUT2D eigenvalue weighted by Crippen LogP contribution is 2.34. The van der Waals surface area contributed by atoms with Gasteiger partial charge in [-0.3, -0.25) is 9.69 Å². The fourth-order valence-electron chi connectivity index (χ4n) is 4.47. The van der Waals surface area contributed by atoms with Gasteiger partial charge in [0.15, 0.2) is 5.82 Å². The minimum absolute atomic E-state index is 0.229. The lowest BCUT2D eigenvalue weighted by molar-refractivity contribution is -0.107. The SMILES string of the molecule is C/C(=C/CN(C)C)CCN(C=O)c1cc2c(Nc3ccc(Oc4ccc5c(c4)ncn5C)c(C)c3F)ncnc2cn1. The minimum Gasteiger partial charge on any atom is -0.457 e. The number of hydrogen-bond donors (Lipinski definition) is 1. The predicted molar refractivity (Wildman–Crippen MR) is 163 cm³/mol.